The van der Waals surface area contributed by atoms with E-state index in [2.05, 4.69) is 18.5 Å². The van der Waals surface area contributed by atoms with Crippen LogP contribution in [0.5, 0.6) is 0 Å². The molecule has 38 heavy (non-hydrogen) atoms. The Labute approximate surface area is 229 Å². The van der Waals surface area contributed by atoms with E-state index >= 15 is 0 Å². The molecular formula is C30H41NO6S. The lowest BCUT2D eigenvalue weighted by Gasteiger charge is -2.35. The molecule has 2 aromatic rings. The summed E-state index contributed by atoms with van der Waals surface area (Å²) in [6.45, 7) is 13.0. The minimum atomic E-state index is -1.27. The molecular weight excluding hydrogens is 502 g/mol. The van der Waals surface area contributed by atoms with Crippen LogP contribution in [0.3, 0.4) is 0 Å². The molecule has 2 fully saturated rings. The Morgan fingerprint density at radius 1 is 1.24 bits per heavy atom. The van der Waals surface area contributed by atoms with E-state index in [1.807, 2.05) is 32.0 Å². The van der Waals surface area contributed by atoms with Gasteiger partial charge in [-0.2, -0.15) is 0 Å². The SMILES string of the molecule is C=CC[C@H]1C(=O)C(C)(C)[C@@H](O)CC(=O)O[C@H](c2ccc3sc(C)nc3c2)C[C@H]2O[C@@]2(C)CCC[C@@H](C)[C@H]1O. The van der Waals surface area contributed by atoms with Crippen LogP contribution in [0.4, 0.5) is 0 Å². The van der Waals surface area contributed by atoms with E-state index in [1.165, 1.54) is 0 Å². The summed E-state index contributed by atoms with van der Waals surface area (Å²) in [6.07, 6.45) is 1.71. The average Bonchev–Trinajstić information content (AvgIpc) is 3.32. The number of aromatic nitrogens is 1. The first kappa shape index (κ1) is 28.9. The third-order valence-corrected chi connectivity index (χ3v) is 9.49. The second kappa shape index (κ2) is 11.2. The van der Waals surface area contributed by atoms with Crippen molar-refractivity contribution in [3.8, 4) is 0 Å². The third-order valence-electron chi connectivity index (χ3n) is 8.54. The van der Waals surface area contributed by atoms with Crippen LogP contribution in [0.25, 0.3) is 10.2 Å². The fourth-order valence-electron chi connectivity index (χ4n) is 5.70. The Bertz CT molecular complexity index is 1190. The molecule has 1 aromatic carbocycles. The van der Waals surface area contributed by atoms with Crippen molar-refractivity contribution in [3.63, 3.8) is 0 Å². The van der Waals surface area contributed by atoms with Gasteiger partial charge in [-0.1, -0.05) is 39.3 Å². The lowest BCUT2D eigenvalue weighted by atomic mass is 9.71. The van der Waals surface area contributed by atoms with Crippen molar-refractivity contribution in [1.29, 1.82) is 0 Å². The van der Waals surface area contributed by atoms with Gasteiger partial charge in [-0.15, -0.1) is 17.9 Å². The quantitative estimate of drug-likeness (QED) is 0.301. The first-order valence-corrected chi connectivity index (χ1v) is 14.4. The molecule has 2 aliphatic heterocycles. The number of rotatable bonds is 3. The largest absolute Gasteiger partial charge is 0.457 e. The van der Waals surface area contributed by atoms with Gasteiger partial charge in [0.25, 0.3) is 0 Å². The molecule has 7 atom stereocenters. The van der Waals surface area contributed by atoms with Gasteiger partial charge in [-0.25, -0.2) is 4.98 Å². The van der Waals surface area contributed by atoms with Crippen LogP contribution < -0.4 is 0 Å². The molecule has 0 spiro atoms. The second-order valence-corrected chi connectivity index (χ2v) is 13.1. The normalized spacial score (nSPS) is 34.9. The number of carbonyl (C=O) groups is 2. The van der Waals surface area contributed by atoms with Gasteiger partial charge in [-0.3, -0.25) is 9.59 Å². The summed E-state index contributed by atoms with van der Waals surface area (Å²) >= 11 is 1.61. The zero-order valence-corrected chi connectivity index (χ0v) is 23.9. The lowest BCUT2D eigenvalue weighted by Crippen LogP contribution is -2.46. The molecule has 0 amide bonds. The van der Waals surface area contributed by atoms with Crippen LogP contribution in [0.1, 0.15) is 82.9 Å². The number of cyclic esters (lactones) is 1. The number of aliphatic hydroxyl groups excluding tert-OH is 2. The van der Waals surface area contributed by atoms with Crippen LogP contribution in [0, 0.1) is 24.2 Å². The highest BCUT2D eigenvalue weighted by atomic mass is 32.1. The number of epoxide rings is 1. The molecule has 208 valence electrons. The highest BCUT2D eigenvalue weighted by Gasteiger charge is 2.53. The van der Waals surface area contributed by atoms with Crippen molar-refractivity contribution in [3.05, 3.63) is 41.4 Å². The van der Waals surface area contributed by atoms with Crippen molar-refractivity contribution in [2.24, 2.45) is 17.3 Å². The van der Waals surface area contributed by atoms with E-state index < -0.39 is 35.6 Å². The van der Waals surface area contributed by atoms with Gasteiger partial charge >= 0.3 is 5.97 Å². The zero-order valence-electron chi connectivity index (χ0n) is 23.1. The van der Waals surface area contributed by atoms with E-state index in [1.54, 1.807) is 31.3 Å². The summed E-state index contributed by atoms with van der Waals surface area (Å²) in [7, 11) is 0. The fourth-order valence-corrected chi connectivity index (χ4v) is 6.51. The van der Waals surface area contributed by atoms with E-state index in [0.717, 1.165) is 40.1 Å². The monoisotopic (exact) mass is 543 g/mol. The molecule has 0 bridgehead atoms. The Kier molecular flexibility index (Phi) is 8.48. The number of fused-ring (bicyclic) bond motifs is 2. The van der Waals surface area contributed by atoms with E-state index in [4.69, 9.17) is 9.47 Å². The summed E-state index contributed by atoms with van der Waals surface area (Å²) in [4.78, 5) is 31.3. The van der Waals surface area contributed by atoms with E-state index in [0.29, 0.717) is 12.8 Å². The molecule has 3 heterocycles. The van der Waals surface area contributed by atoms with Crippen molar-refractivity contribution in [1.82, 2.24) is 4.98 Å². The molecule has 1 aromatic heterocycles. The second-order valence-electron chi connectivity index (χ2n) is 11.9. The number of esters is 1. The van der Waals surface area contributed by atoms with Gasteiger partial charge in [0.2, 0.25) is 0 Å². The number of nitrogens with zero attached hydrogens (tertiary/aromatic N) is 1. The number of carbonyl (C=O) groups excluding carboxylic acids is 2. The van der Waals surface area contributed by atoms with Crippen LogP contribution in [0.2, 0.25) is 0 Å². The summed E-state index contributed by atoms with van der Waals surface area (Å²) < 4.78 is 13.2. The third kappa shape index (κ3) is 6.03. The Hall–Kier alpha value is -2.13. The highest BCUT2D eigenvalue weighted by molar-refractivity contribution is 7.18. The number of Topliss-reactive ketones (excluding diaryl/α,β-unsaturated/α-hetero) is 1. The van der Waals surface area contributed by atoms with Gasteiger partial charge in [0.05, 0.1) is 51.0 Å². The number of hydrogen-bond acceptors (Lipinski definition) is 8. The Balaban J connectivity index is 1.63. The summed E-state index contributed by atoms with van der Waals surface area (Å²) in [5.41, 5.74) is 0.115. The number of thiazole rings is 1. The topological polar surface area (TPSA) is 109 Å². The van der Waals surface area contributed by atoms with Crippen molar-refractivity contribution >= 4 is 33.3 Å². The highest BCUT2D eigenvalue weighted by Crippen LogP contribution is 2.47. The molecule has 2 saturated heterocycles. The maximum Gasteiger partial charge on any atom is 0.309 e. The number of ether oxygens (including phenoxy) is 2. The number of hydrogen-bond donors (Lipinski definition) is 2. The molecule has 0 aliphatic carbocycles. The summed E-state index contributed by atoms with van der Waals surface area (Å²) in [6, 6.07) is 5.92. The smallest absolute Gasteiger partial charge is 0.309 e. The predicted molar refractivity (Wildman–Crippen MR) is 148 cm³/mol. The minimum absolute atomic E-state index is 0.0715. The van der Waals surface area contributed by atoms with Crippen LogP contribution in [0.15, 0.2) is 30.9 Å². The van der Waals surface area contributed by atoms with Crippen LogP contribution in [-0.4, -0.2) is 50.9 Å². The van der Waals surface area contributed by atoms with E-state index in [9.17, 15) is 19.8 Å². The molecule has 2 N–H and O–H groups in total. The van der Waals surface area contributed by atoms with Crippen molar-refractivity contribution in [2.45, 2.75) is 103 Å². The van der Waals surface area contributed by atoms with E-state index in [-0.39, 0.29) is 29.8 Å². The van der Waals surface area contributed by atoms with Gasteiger partial charge < -0.3 is 19.7 Å². The van der Waals surface area contributed by atoms with Gasteiger partial charge in [0, 0.05) is 12.3 Å². The number of aryl methyl sites for hydroxylation is 1. The maximum absolute atomic E-state index is 13.6. The first-order valence-electron chi connectivity index (χ1n) is 13.6. The van der Waals surface area contributed by atoms with Crippen molar-refractivity contribution < 1.29 is 29.3 Å². The standard InChI is InChI=1S/C30H41NO6S/c1-7-9-20-27(34)17(2)10-8-13-30(6)25(37-30)15-22(19-11-12-23-21(14-19)31-18(3)38-23)36-26(33)16-24(32)29(4,5)28(20)35/h7,11-12,14,17,20,22,24-25,27,32,34H,1,8-10,13,15-16H2,2-6H3/t17-,20-,22+,24+,25-,27-,30+/m1/s1. The zero-order chi connectivity index (χ0) is 27.8. The molecule has 0 saturated carbocycles. The maximum atomic E-state index is 13.6. The lowest BCUT2D eigenvalue weighted by molar-refractivity contribution is -0.156. The molecule has 2 aliphatic rings. The van der Waals surface area contributed by atoms with Crippen LogP contribution in [-0.2, 0) is 19.1 Å². The Morgan fingerprint density at radius 2 is 1.97 bits per heavy atom. The molecule has 7 nitrogen and oxygen atoms in total. The van der Waals surface area contributed by atoms with Gasteiger partial charge in [-0.05, 0) is 56.7 Å². The number of aliphatic hydroxyl groups is 2. The fraction of sp³-hybridized carbons (Fsp3) is 0.633. The number of benzene rings is 1. The number of allylic oxidation sites excluding steroid dienone is 1. The first-order chi connectivity index (χ1) is 17.9. The van der Waals surface area contributed by atoms with Gasteiger partial charge in [0.1, 0.15) is 11.9 Å². The Morgan fingerprint density at radius 3 is 2.68 bits per heavy atom. The summed E-state index contributed by atoms with van der Waals surface area (Å²) in [5, 5.41) is 23.2. The average molecular weight is 544 g/mol. The predicted octanol–water partition coefficient (Wildman–Crippen LogP) is 5.46. The molecule has 4 rings (SSSR count). The number of ketones is 1. The molecule has 8 heteroatoms. The van der Waals surface area contributed by atoms with Gasteiger partial charge in [0.15, 0.2) is 0 Å². The molecule has 0 radical (unpaired) electrons. The minimum Gasteiger partial charge on any atom is -0.457 e. The molecule has 0 unspecified atom stereocenters. The van der Waals surface area contributed by atoms with Crippen LogP contribution >= 0.6 is 11.3 Å². The van der Waals surface area contributed by atoms with Crippen molar-refractivity contribution in [2.75, 3.05) is 0 Å². The summed E-state index contributed by atoms with van der Waals surface area (Å²) in [5.74, 6) is -1.68.